The van der Waals surface area contributed by atoms with E-state index in [-0.39, 0.29) is 12.7 Å². The molecule has 0 radical (unpaired) electrons. The van der Waals surface area contributed by atoms with Crippen LogP contribution in [0.5, 0.6) is 0 Å². The molecule has 20 heavy (non-hydrogen) atoms. The van der Waals surface area contributed by atoms with Crippen molar-refractivity contribution in [3.8, 4) is 0 Å². The number of hydrogen-bond acceptors (Lipinski definition) is 4. The maximum Gasteiger partial charge on any atom is 0.0945 e. The zero-order valence-electron chi connectivity index (χ0n) is 11.1. The summed E-state index contributed by atoms with van der Waals surface area (Å²) in [5.41, 5.74) is 0.817. The predicted molar refractivity (Wildman–Crippen MR) is 80.8 cm³/mol. The lowest BCUT2D eigenvalue weighted by Gasteiger charge is -2.15. The first-order valence-electron chi connectivity index (χ1n) is 6.71. The van der Waals surface area contributed by atoms with E-state index in [0.29, 0.717) is 23.2 Å². The standard InChI is InChI=1S/C14H19Cl2NO3/c15-13-4-3-10(6-14(13)16)17-7-11(18)8-19-9-12-2-1-5-20-12/h3-4,6,11-12,17-18H,1-2,5,7-9H2. The van der Waals surface area contributed by atoms with Crippen molar-refractivity contribution in [3.05, 3.63) is 28.2 Å². The third kappa shape index (κ3) is 5.11. The molecule has 0 bridgehead atoms. The second-order valence-electron chi connectivity index (χ2n) is 4.84. The van der Waals surface area contributed by atoms with Crippen molar-refractivity contribution in [2.24, 2.45) is 0 Å². The molecule has 1 aliphatic rings. The summed E-state index contributed by atoms with van der Waals surface area (Å²) in [6.45, 7) is 2.04. The van der Waals surface area contributed by atoms with E-state index in [1.807, 2.05) is 6.07 Å². The molecular formula is C14H19Cl2NO3. The van der Waals surface area contributed by atoms with Gasteiger partial charge in [-0.1, -0.05) is 23.2 Å². The molecule has 2 rings (SSSR count). The highest BCUT2D eigenvalue weighted by Gasteiger charge is 2.16. The van der Waals surface area contributed by atoms with E-state index < -0.39 is 6.10 Å². The monoisotopic (exact) mass is 319 g/mol. The van der Waals surface area contributed by atoms with Crippen LogP contribution in [0.3, 0.4) is 0 Å². The smallest absolute Gasteiger partial charge is 0.0945 e. The van der Waals surface area contributed by atoms with Crippen LogP contribution in [0, 0.1) is 0 Å². The number of nitrogens with one attached hydrogen (secondary N) is 1. The Balaban J connectivity index is 1.63. The van der Waals surface area contributed by atoms with Crippen molar-refractivity contribution in [3.63, 3.8) is 0 Å². The molecule has 4 nitrogen and oxygen atoms in total. The van der Waals surface area contributed by atoms with E-state index in [2.05, 4.69) is 5.32 Å². The van der Waals surface area contributed by atoms with Crippen LogP contribution in [0.2, 0.25) is 10.0 Å². The lowest BCUT2D eigenvalue weighted by molar-refractivity contribution is -0.0137. The Kier molecular flexibility index (Phi) is 6.39. The van der Waals surface area contributed by atoms with Gasteiger partial charge >= 0.3 is 0 Å². The number of aliphatic hydroxyl groups excluding tert-OH is 1. The second kappa shape index (κ2) is 8.05. The summed E-state index contributed by atoms with van der Waals surface area (Å²) in [7, 11) is 0. The van der Waals surface area contributed by atoms with E-state index in [1.54, 1.807) is 12.1 Å². The highest BCUT2D eigenvalue weighted by molar-refractivity contribution is 6.42. The Hall–Kier alpha value is -0.520. The Morgan fingerprint density at radius 1 is 1.40 bits per heavy atom. The minimum Gasteiger partial charge on any atom is -0.389 e. The summed E-state index contributed by atoms with van der Waals surface area (Å²) >= 11 is 11.7. The normalized spacial score (nSPS) is 20.1. The highest BCUT2D eigenvalue weighted by atomic mass is 35.5. The average molecular weight is 320 g/mol. The van der Waals surface area contributed by atoms with Gasteiger partial charge in [-0.05, 0) is 31.0 Å². The van der Waals surface area contributed by atoms with E-state index in [0.717, 1.165) is 25.1 Å². The summed E-state index contributed by atoms with van der Waals surface area (Å²) in [6.07, 6.45) is 1.74. The third-order valence-electron chi connectivity index (χ3n) is 3.10. The van der Waals surface area contributed by atoms with Crippen LogP contribution < -0.4 is 5.32 Å². The summed E-state index contributed by atoms with van der Waals surface area (Å²) in [5.74, 6) is 0. The lowest BCUT2D eigenvalue weighted by atomic mass is 10.2. The Labute approximate surface area is 129 Å². The van der Waals surface area contributed by atoms with Gasteiger partial charge in [0.25, 0.3) is 0 Å². The van der Waals surface area contributed by atoms with E-state index >= 15 is 0 Å². The number of aliphatic hydroxyl groups is 1. The predicted octanol–water partition coefficient (Wildman–Crippen LogP) is 2.96. The molecule has 2 N–H and O–H groups in total. The number of halogens is 2. The molecule has 0 aliphatic carbocycles. The molecule has 1 saturated heterocycles. The number of rotatable bonds is 7. The molecule has 6 heteroatoms. The fraction of sp³-hybridized carbons (Fsp3) is 0.571. The largest absolute Gasteiger partial charge is 0.389 e. The average Bonchev–Trinajstić information content (AvgIpc) is 2.93. The summed E-state index contributed by atoms with van der Waals surface area (Å²) < 4.78 is 10.9. The van der Waals surface area contributed by atoms with Gasteiger partial charge in [0.2, 0.25) is 0 Å². The molecule has 0 spiro atoms. The quantitative estimate of drug-likeness (QED) is 0.811. The molecule has 1 aliphatic heterocycles. The van der Waals surface area contributed by atoms with Crippen molar-refractivity contribution >= 4 is 28.9 Å². The molecule has 2 atom stereocenters. The zero-order chi connectivity index (χ0) is 14.4. The number of hydrogen-bond donors (Lipinski definition) is 2. The lowest BCUT2D eigenvalue weighted by Crippen LogP contribution is -2.27. The van der Waals surface area contributed by atoms with Gasteiger partial charge in [-0.25, -0.2) is 0 Å². The van der Waals surface area contributed by atoms with Crippen molar-refractivity contribution in [1.82, 2.24) is 0 Å². The zero-order valence-corrected chi connectivity index (χ0v) is 12.7. The van der Waals surface area contributed by atoms with Gasteiger partial charge in [-0.3, -0.25) is 0 Å². The van der Waals surface area contributed by atoms with E-state index in [4.69, 9.17) is 32.7 Å². The Bertz CT molecular complexity index is 425. The first-order chi connectivity index (χ1) is 9.65. The van der Waals surface area contributed by atoms with Gasteiger partial charge < -0.3 is 19.9 Å². The number of benzene rings is 1. The van der Waals surface area contributed by atoms with Crippen LogP contribution >= 0.6 is 23.2 Å². The van der Waals surface area contributed by atoms with E-state index in [1.165, 1.54) is 0 Å². The molecular weight excluding hydrogens is 301 g/mol. The van der Waals surface area contributed by atoms with Gasteiger partial charge in [-0.15, -0.1) is 0 Å². The van der Waals surface area contributed by atoms with Gasteiger partial charge in [0.1, 0.15) is 0 Å². The fourth-order valence-electron chi connectivity index (χ4n) is 2.01. The van der Waals surface area contributed by atoms with Crippen molar-refractivity contribution in [2.75, 3.05) is 31.7 Å². The molecule has 0 saturated carbocycles. The third-order valence-corrected chi connectivity index (χ3v) is 3.84. The Morgan fingerprint density at radius 3 is 2.95 bits per heavy atom. The van der Waals surface area contributed by atoms with Crippen LogP contribution in [0.1, 0.15) is 12.8 Å². The first-order valence-corrected chi connectivity index (χ1v) is 7.47. The number of anilines is 1. The van der Waals surface area contributed by atoms with Crippen molar-refractivity contribution in [2.45, 2.75) is 25.0 Å². The molecule has 1 aromatic rings. The maximum atomic E-state index is 9.82. The summed E-state index contributed by atoms with van der Waals surface area (Å²) in [5, 5.41) is 13.9. The summed E-state index contributed by atoms with van der Waals surface area (Å²) in [4.78, 5) is 0. The SMILES string of the molecule is OC(CNc1ccc(Cl)c(Cl)c1)COCC1CCCO1. The van der Waals surface area contributed by atoms with Gasteiger partial charge in [0.15, 0.2) is 0 Å². The van der Waals surface area contributed by atoms with Crippen LogP contribution in [-0.2, 0) is 9.47 Å². The Morgan fingerprint density at radius 2 is 2.25 bits per heavy atom. The van der Waals surface area contributed by atoms with Gasteiger partial charge in [0.05, 0.1) is 35.5 Å². The van der Waals surface area contributed by atoms with Crippen LogP contribution in [0.25, 0.3) is 0 Å². The van der Waals surface area contributed by atoms with Crippen LogP contribution in [-0.4, -0.2) is 43.7 Å². The second-order valence-corrected chi connectivity index (χ2v) is 5.65. The molecule has 0 amide bonds. The van der Waals surface area contributed by atoms with Crippen molar-refractivity contribution in [1.29, 1.82) is 0 Å². The van der Waals surface area contributed by atoms with Gasteiger partial charge in [0, 0.05) is 18.8 Å². The van der Waals surface area contributed by atoms with Crippen molar-refractivity contribution < 1.29 is 14.6 Å². The summed E-state index contributed by atoms with van der Waals surface area (Å²) in [6, 6.07) is 5.25. The molecule has 1 aromatic carbocycles. The molecule has 112 valence electrons. The molecule has 2 unspecified atom stereocenters. The van der Waals surface area contributed by atoms with E-state index in [9.17, 15) is 5.11 Å². The minimum atomic E-state index is -0.578. The van der Waals surface area contributed by atoms with Gasteiger partial charge in [-0.2, -0.15) is 0 Å². The minimum absolute atomic E-state index is 0.185. The molecule has 1 fully saturated rings. The maximum absolute atomic E-state index is 9.82. The van der Waals surface area contributed by atoms with Crippen LogP contribution in [0.4, 0.5) is 5.69 Å². The fourth-order valence-corrected chi connectivity index (χ4v) is 2.31. The number of ether oxygens (including phenoxy) is 2. The first kappa shape index (κ1) is 15.9. The molecule has 1 heterocycles. The molecule has 0 aromatic heterocycles. The topological polar surface area (TPSA) is 50.7 Å². The highest BCUT2D eigenvalue weighted by Crippen LogP contribution is 2.24. The van der Waals surface area contributed by atoms with Crippen LogP contribution in [0.15, 0.2) is 18.2 Å².